The Labute approximate surface area is 148 Å². The maximum Gasteiger partial charge on any atom is 0.349 e. The van der Waals surface area contributed by atoms with E-state index in [1.165, 1.54) is 13.2 Å². The van der Waals surface area contributed by atoms with Gasteiger partial charge in [0.05, 0.1) is 12.8 Å². The Morgan fingerprint density at radius 1 is 1.28 bits per heavy atom. The number of ether oxygens (including phenoxy) is 1. The molecule has 0 amide bonds. The molecule has 0 radical (unpaired) electrons. The van der Waals surface area contributed by atoms with Gasteiger partial charge < -0.3 is 4.74 Å². The van der Waals surface area contributed by atoms with Crippen molar-refractivity contribution < 1.29 is 17.9 Å². The van der Waals surface area contributed by atoms with Crippen molar-refractivity contribution in [3.63, 3.8) is 0 Å². The number of hydrogen-bond donors (Lipinski definition) is 1. The second-order valence-corrected chi connectivity index (χ2v) is 7.70. The zero-order valence-corrected chi connectivity index (χ0v) is 14.9. The fourth-order valence-corrected chi connectivity index (χ4v) is 4.55. The third kappa shape index (κ3) is 3.78. The van der Waals surface area contributed by atoms with Crippen molar-refractivity contribution >= 4 is 27.3 Å². The molecule has 3 aromatic rings. The minimum absolute atomic E-state index is 0.0593. The number of rotatable bonds is 6. The van der Waals surface area contributed by atoms with Crippen LogP contribution in [0.5, 0.6) is 0 Å². The first kappa shape index (κ1) is 17.3. The number of methoxy groups -OCH3 is 1. The minimum atomic E-state index is -3.81. The van der Waals surface area contributed by atoms with Crippen LogP contribution in [0.2, 0.25) is 0 Å². The first-order chi connectivity index (χ1) is 12.0. The van der Waals surface area contributed by atoms with E-state index >= 15 is 0 Å². The number of benzene rings is 1. The molecular formula is C16H15N3O4S2. The van der Waals surface area contributed by atoms with Gasteiger partial charge in [0.25, 0.3) is 0 Å². The number of thiophene rings is 1. The number of sulfonamides is 1. The average Bonchev–Trinajstić information content (AvgIpc) is 3.31. The van der Waals surface area contributed by atoms with Crippen molar-refractivity contribution in [2.75, 3.05) is 7.11 Å². The Kier molecular flexibility index (Phi) is 4.98. The Morgan fingerprint density at radius 2 is 2.04 bits per heavy atom. The van der Waals surface area contributed by atoms with Crippen LogP contribution >= 0.6 is 11.3 Å². The van der Waals surface area contributed by atoms with Crippen LogP contribution in [0.25, 0.3) is 5.69 Å². The highest BCUT2D eigenvalue weighted by Gasteiger charge is 2.24. The Morgan fingerprint density at radius 3 is 2.68 bits per heavy atom. The summed E-state index contributed by atoms with van der Waals surface area (Å²) in [5, 5.41) is 5.67. The Hall–Kier alpha value is -2.49. The molecule has 0 aliphatic heterocycles. The van der Waals surface area contributed by atoms with E-state index in [0.29, 0.717) is 0 Å². The van der Waals surface area contributed by atoms with Crippen LogP contribution in [0, 0.1) is 0 Å². The third-order valence-corrected chi connectivity index (χ3v) is 5.93. The summed E-state index contributed by atoms with van der Waals surface area (Å²) in [5.41, 5.74) is 1.66. The third-order valence-electron chi connectivity index (χ3n) is 3.46. The molecule has 0 spiro atoms. The van der Waals surface area contributed by atoms with E-state index in [9.17, 15) is 13.2 Å². The van der Waals surface area contributed by atoms with E-state index in [-0.39, 0.29) is 16.3 Å². The minimum Gasteiger partial charge on any atom is -0.465 e. The van der Waals surface area contributed by atoms with Crippen LogP contribution in [-0.2, 0) is 21.3 Å². The predicted molar refractivity (Wildman–Crippen MR) is 93.2 cm³/mol. The van der Waals surface area contributed by atoms with Gasteiger partial charge >= 0.3 is 5.97 Å². The van der Waals surface area contributed by atoms with Crippen molar-refractivity contribution in [3.05, 3.63) is 64.6 Å². The fraction of sp³-hybridized carbons (Fsp3) is 0.125. The lowest BCUT2D eigenvalue weighted by Crippen LogP contribution is -2.24. The molecular weight excluding hydrogens is 362 g/mol. The number of hydrogen-bond acceptors (Lipinski definition) is 6. The van der Waals surface area contributed by atoms with E-state index in [1.807, 2.05) is 36.5 Å². The summed E-state index contributed by atoms with van der Waals surface area (Å²) in [6.07, 6.45) is 3.50. The predicted octanol–water partition coefficient (Wildman–Crippen LogP) is 2.20. The van der Waals surface area contributed by atoms with Gasteiger partial charge in [-0.2, -0.15) is 5.10 Å². The molecule has 0 fully saturated rings. The van der Waals surface area contributed by atoms with Crippen molar-refractivity contribution in [1.29, 1.82) is 0 Å². The SMILES string of the molecule is COC(=O)c1sccc1S(=O)(=O)NCc1ccc(-n2cccn2)cc1. The topological polar surface area (TPSA) is 90.3 Å². The first-order valence-corrected chi connectivity index (χ1v) is 9.62. The quantitative estimate of drug-likeness (QED) is 0.665. The van der Waals surface area contributed by atoms with E-state index in [4.69, 9.17) is 0 Å². The molecule has 7 nitrogen and oxygen atoms in total. The highest BCUT2D eigenvalue weighted by Crippen LogP contribution is 2.23. The molecule has 0 bridgehead atoms. The summed E-state index contributed by atoms with van der Waals surface area (Å²) in [4.78, 5) is 11.6. The second kappa shape index (κ2) is 7.18. The summed E-state index contributed by atoms with van der Waals surface area (Å²) in [6, 6.07) is 10.5. The molecule has 1 N–H and O–H groups in total. The lowest BCUT2D eigenvalue weighted by molar-refractivity contribution is 0.0602. The number of carbonyl (C=O) groups excluding carboxylic acids is 1. The normalized spacial score (nSPS) is 11.4. The molecule has 3 rings (SSSR count). The van der Waals surface area contributed by atoms with E-state index in [2.05, 4.69) is 14.6 Å². The van der Waals surface area contributed by atoms with E-state index in [0.717, 1.165) is 22.6 Å². The van der Waals surface area contributed by atoms with E-state index in [1.54, 1.807) is 16.3 Å². The molecule has 0 saturated carbocycles. The number of carbonyl (C=O) groups is 1. The molecule has 0 aliphatic rings. The molecule has 0 atom stereocenters. The van der Waals surface area contributed by atoms with Gasteiger partial charge in [-0.3, -0.25) is 0 Å². The van der Waals surface area contributed by atoms with Gasteiger partial charge in [0, 0.05) is 18.9 Å². The smallest absolute Gasteiger partial charge is 0.349 e. The van der Waals surface area contributed by atoms with Crippen LogP contribution < -0.4 is 4.72 Å². The molecule has 0 aliphatic carbocycles. The van der Waals surface area contributed by atoms with Crippen LogP contribution in [0.1, 0.15) is 15.2 Å². The van der Waals surface area contributed by atoms with Crippen molar-refractivity contribution in [1.82, 2.24) is 14.5 Å². The maximum absolute atomic E-state index is 12.4. The van der Waals surface area contributed by atoms with Crippen LogP contribution in [-0.4, -0.2) is 31.3 Å². The van der Waals surface area contributed by atoms with Crippen molar-refractivity contribution in [2.45, 2.75) is 11.4 Å². The summed E-state index contributed by atoms with van der Waals surface area (Å²) in [5.74, 6) is -0.668. The average molecular weight is 377 g/mol. The lowest BCUT2D eigenvalue weighted by Gasteiger charge is -2.08. The highest BCUT2D eigenvalue weighted by molar-refractivity contribution is 7.89. The van der Waals surface area contributed by atoms with Crippen LogP contribution in [0.4, 0.5) is 0 Å². The number of nitrogens with zero attached hydrogens (tertiary/aromatic N) is 2. The molecule has 0 unspecified atom stereocenters. The first-order valence-electron chi connectivity index (χ1n) is 7.26. The largest absolute Gasteiger partial charge is 0.465 e. The highest BCUT2D eigenvalue weighted by atomic mass is 32.2. The zero-order valence-electron chi connectivity index (χ0n) is 13.2. The molecule has 25 heavy (non-hydrogen) atoms. The monoisotopic (exact) mass is 377 g/mol. The van der Waals surface area contributed by atoms with E-state index < -0.39 is 16.0 Å². The summed E-state index contributed by atoms with van der Waals surface area (Å²) in [6.45, 7) is 0.109. The van der Waals surface area contributed by atoms with Gasteiger partial charge in [-0.15, -0.1) is 11.3 Å². The fourth-order valence-electron chi connectivity index (χ4n) is 2.19. The Bertz CT molecular complexity index is 961. The summed E-state index contributed by atoms with van der Waals surface area (Å²) >= 11 is 1.03. The molecule has 1 aromatic carbocycles. The second-order valence-electron chi connectivity index (χ2n) is 5.05. The van der Waals surface area contributed by atoms with Crippen LogP contribution in [0.3, 0.4) is 0 Å². The molecule has 2 aromatic heterocycles. The standard InChI is InChI=1S/C16H15N3O4S2/c1-23-16(20)15-14(7-10-24-15)25(21,22)18-11-12-3-5-13(6-4-12)19-9-2-8-17-19/h2-10,18H,11H2,1H3. The van der Waals surface area contributed by atoms with Crippen molar-refractivity contribution in [3.8, 4) is 5.69 Å². The van der Waals surface area contributed by atoms with Gasteiger partial charge in [0.2, 0.25) is 10.0 Å². The maximum atomic E-state index is 12.4. The van der Waals surface area contributed by atoms with Gasteiger partial charge in [-0.25, -0.2) is 22.6 Å². The van der Waals surface area contributed by atoms with Gasteiger partial charge in [0.15, 0.2) is 0 Å². The number of nitrogens with one attached hydrogen (secondary N) is 1. The molecule has 130 valence electrons. The summed E-state index contributed by atoms with van der Waals surface area (Å²) < 4.78 is 33.7. The number of aromatic nitrogens is 2. The summed E-state index contributed by atoms with van der Waals surface area (Å²) in [7, 11) is -2.60. The molecule has 9 heteroatoms. The van der Waals surface area contributed by atoms with Crippen molar-refractivity contribution in [2.24, 2.45) is 0 Å². The number of esters is 1. The zero-order chi connectivity index (χ0) is 17.9. The van der Waals surface area contributed by atoms with Gasteiger partial charge in [-0.05, 0) is 35.2 Å². The van der Waals surface area contributed by atoms with Gasteiger partial charge in [-0.1, -0.05) is 12.1 Å². The van der Waals surface area contributed by atoms with Gasteiger partial charge in [0.1, 0.15) is 9.77 Å². The molecule has 0 saturated heterocycles. The van der Waals surface area contributed by atoms with Crippen LogP contribution in [0.15, 0.2) is 59.1 Å². The Balaban J connectivity index is 1.72. The molecule has 2 heterocycles. The lowest BCUT2D eigenvalue weighted by atomic mass is 10.2.